The Morgan fingerprint density at radius 1 is 0.930 bits per heavy atom. The lowest BCUT2D eigenvalue weighted by Gasteiger charge is -2.35. The molecule has 1 fully saturated rings. The summed E-state index contributed by atoms with van der Waals surface area (Å²) in [5, 5.41) is 6.72. The van der Waals surface area contributed by atoms with Crippen LogP contribution < -0.4 is 5.32 Å². The standard InChI is InChI=1S/C35H37ClN4O2S/c1-38(24-25-11-4-3-5-12-25)33(41)32(22-26-18-19-27-13-6-7-14-28(27)21-26)39(2)34(42)31-17-10-20-40(31)35(43)37-23-29-15-8-9-16-30(29)36/h3-9,11-16,18-19,21,31-32H,10,17,20,22-24H2,1-2H3,(H,37,43)/t31-,32-/m0/s1. The molecular weight excluding hydrogens is 576 g/mol. The molecule has 4 aromatic carbocycles. The first kappa shape index (κ1) is 30.5. The van der Waals surface area contributed by atoms with Crippen LogP contribution in [0.3, 0.4) is 0 Å². The van der Waals surface area contributed by atoms with Gasteiger partial charge in [-0.1, -0.05) is 103 Å². The highest BCUT2D eigenvalue weighted by Crippen LogP contribution is 2.24. The molecule has 0 unspecified atom stereocenters. The van der Waals surface area contributed by atoms with Crippen molar-refractivity contribution in [2.24, 2.45) is 0 Å². The SMILES string of the molecule is CN(Cc1ccccc1)C(=O)[C@H](Cc1ccc2ccccc2c1)N(C)C(=O)[C@@H]1CCCN1C(=S)NCc1ccccc1Cl. The van der Waals surface area contributed by atoms with Gasteiger partial charge in [0.15, 0.2) is 5.11 Å². The number of rotatable bonds is 9. The van der Waals surface area contributed by atoms with Crippen LogP contribution in [0.4, 0.5) is 0 Å². The third kappa shape index (κ3) is 7.35. The Morgan fingerprint density at radius 2 is 1.63 bits per heavy atom. The number of carbonyl (C=O) groups is 2. The molecule has 222 valence electrons. The lowest BCUT2D eigenvalue weighted by atomic mass is 9.99. The number of fused-ring (bicyclic) bond motifs is 1. The maximum absolute atomic E-state index is 14.1. The Balaban J connectivity index is 1.35. The van der Waals surface area contributed by atoms with Gasteiger partial charge in [-0.3, -0.25) is 9.59 Å². The Hall–Kier alpha value is -3.94. The monoisotopic (exact) mass is 612 g/mol. The second-order valence-electron chi connectivity index (χ2n) is 11.1. The van der Waals surface area contributed by atoms with Gasteiger partial charge in [-0.25, -0.2) is 0 Å². The minimum absolute atomic E-state index is 0.100. The number of benzene rings is 4. The first-order valence-electron chi connectivity index (χ1n) is 14.6. The fourth-order valence-electron chi connectivity index (χ4n) is 5.74. The number of halogens is 1. The van der Waals surface area contributed by atoms with Crippen molar-refractivity contribution >= 4 is 51.5 Å². The Morgan fingerprint density at radius 3 is 2.40 bits per heavy atom. The van der Waals surface area contributed by atoms with E-state index >= 15 is 0 Å². The number of amides is 2. The van der Waals surface area contributed by atoms with Gasteiger partial charge in [0.1, 0.15) is 12.1 Å². The van der Waals surface area contributed by atoms with Crippen LogP contribution in [0, 0.1) is 0 Å². The van der Waals surface area contributed by atoms with Crippen molar-refractivity contribution in [3.05, 3.63) is 119 Å². The molecule has 0 aromatic heterocycles. The fourth-order valence-corrected chi connectivity index (χ4v) is 6.23. The van der Waals surface area contributed by atoms with E-state index in [1.807, 2.05) is 77.7 Å². The second-order valence-corrected chi connectivity index (χ2v) is 11.9. The molecule has 2 atom stereocenters. The number of likely N-dealkylation sites (N-methyl/N-ethyl adjacent to an activating group) is 2. The summed E-state index contributed by atoms with van der Waals surface area (Å²) in [6.45, 7) is 1.61. The summed E-state index contributed by atoms with van der Waals surface area (Å²) in [7, 11) is 3.55. The molecule has 43 heavy (non-hydrogen) atoms. The van der Waals surface area contributed by atoms with E-state index in [9.17, 15) is 9.59 Å². The summed E-state index contributed by atoms with van der Waals surface area (Å²) in [6, 6.07) is 30.8. The van der Waals surface area contributed by atoms with Crippen LogP contribution in [0.1, 0.15) is 29.5 Å². The molecular formula is C35H37ClN4O2S. The van der Waals surface area contributed by atoms with E-state index in [2.05, 4.69) is 29.6 Å². The average molecular weight is 613 g/mol. The van der Waals surface area contributed by atoms with E-state index in [0.717, 1.165) is 33.9 Å². The quantitative estimate of drug-likeness (QED) is 0.233. The summed E-state index contributed by atoms with van der Waals surface area (Å²) in [4.78, 5) is 33.5. The van der Waals surface area contributed by atoms with E-state index in [1.165, 1.54) is 0 Å². The summed E-state index contributed by atoms with van der Waals surface area (Å²) in [6.07, 6.45) is 1.93. The van der Waals surface area contributed by atoms with Gasteiger partial charge >= 0.3 is 0 Å². The predicted octanol–water partition coefficient (Wildman–Crippen LogP) is 6.06. The summed E-state index contributed by atoms with van der Waals surface area (Å²) >= 11 is 12.1. The van der Waals surface area contributed by atoms with Crippen molar-refractivity contribution in [1.82, 2.24) is 20.0 Å². The highest BCUT2D eigenvalue weighted by Gasteiger charge is 2.38. The van der Waals surface area contributed by atoms with Gasteiger partial charge in [0.2, 0.25) is 11.8 Å². The van der Waals surface area contributed by atoms with Gasteiger partial charge in [-0.15, -0.1) is 0 Å². The van der Waals surface area contributed by atoms with Crippen molar-refractivity contribution < 1.29 is 9.59 Å². The molecule has 5 rings (SSSR count). The molecule has 0 radical (unpaired) electrons. The summed E-state index contributed by atoms with van der Waals surface area (Å²) in [5.74, 6) is -0.205. The van der Waals surface area contributed by atoms with E-state index in [0.29, 0.717) is 42.6 Å². The van der Waals surface area contributed by atoms with Crippen molar-refractivity contribution in [1.29, 1.82) is 0 Å². The van der Waals surface area contributed by atoms with Crippen molar-refractivity contribution in [2.75, 3.05) is 20.6 Å². The zero-order valence-corrected chi connectivity index (χ0v) is 26.2. The first-order chi connectivity index (χ1) is 20.8. The van der Waals surface area contributed by atoms with Gasteiger partial charge in [-0.2, -0.15) is 0 Å². The minimum Gasteiger partial charge on any atom is -0.358 e. The lowest BCUT2D eigenvalue weighted by Crippen LogP contribution is -2.55. The van der Waals surface area contributed by atoms with E-state index in [-0.39, 0.29) is 11.8 Å². The van der Waals surface area contributed by atoms with E-state index < -0.39 is 12.1 Å². The molecule has 0 spiro atoms. The maximum Gasteiger partial charge on any atom is 0.245 e. The van der Waals surface area contributed by atoms with Crippen molar-refractivity contribution in [2.45, 2.75) is 44.4 Å². The van der Waals surface area contributed by atoms with Gasteiger partial charge < -0.3 is 20.0 Å². The molecule has 1 aliphatic rings. The normalized spacial score (nSPS) is 15.2. The summed E-state index contributed by atoms with van der Waals surface area (Å²) < 4.78 is 0. The largest absolute Gasteiger partial charge is 0.358 e. The fraction of sp³-hybridized carbons (Fsp3) is 0.286. The highest BCUT2D eigenvalue weighted by atomic mass is 35.5. The molecule has 1 saturated heterocycles. The number of thiocarbonyl (C=S) groups is 1. The van der Waals surface area contributed by atoms with Crippen LogP contribution in [0.5, 0.6) is 0 Å². The molecule has 8 heteroatoms. The Labute approximate surface area is 264 Å². The lowest BCUT2D eigenvalue weighted by molar-refractivity contribution is -0.145. The van der Waals surface area contributed by atoms with Crippen LogP contribution in [0.25, 0.3) is 10.8 Å². The number of nitrogens with zero attached hydrogens (tertiary/aromatic N) is 3. The number of hydrogen-bond acceptors (Lipinski definition) is 3. The molecule has 0 aliphatic carbocycles. The molecule has 2 amide bonds. The van der Waals surface area contributed by atoms with Crippen LogP contribution in [-0.4, -0.2) is 64.4 Å². The van der Waals surface area contributed by atoms with Crippen LogP contribution >= 0.6 is 23.8 Å². The zero-order valence-electron chi connectivity index (χ0n) is 24.6. The van der Waals surface area contributed by atoms with Crippen molar-refractivity contribution in [3.63, 3.8) is 0 Å². The molecule has 1 heterocycles. The van der Waals surface area contributed by atoms with Gasteiger partial charge in [-0.05, 0) is 58.6 Å². The average Bonchev–Trinajstić information content (AvgIpc) is 3.53. The molecule has 0 bridgehead atoms. The maximum atomic E-state index is 14.1. The second kappa shape index (κ2) is 14.0. The molecule has 6 nitrogen and oxygen atoms in total. The highest BCUT2D eigenvalue weighted by molar-refractivity contribution is 7.80. The Bertz CT molecular complexity index is 1600. The molecule has 1 N–H and O–H groups in total. The first-order valence-corrected chi connectivity index (χ1v) is 15.4. The third-order valence-electron chi connectivity index (χ3n) is 8.17. The van der Waals surface area contributed by atoms with Crippen LogP contribution in [0.15, 0.2) is 97.1 Å². The summed E-state index contributed by atoms with van der Waals surface area (Å²) in [5.41, 5.74) is 2.98. The van der Waals surface area contributed by atoms with E-state index in [1.54, 1.807) is 23.9 Å². The zero-order chi connectivity index (χ0) is 30.3. The predicted molar refractivity (Wildman–Crippen MR) is 178 cm³/mol. The third-order valence-corrected chi connectivity index (χ3v) is 8.92. The van der Waals surface area contributed by atoms with Crippen molar-refractivity contribution in [3.8, 4) is 0 Å². The van der Waals surface area contributed by atoms with Crippen LogP contribution in [-0.2, 0) is 29.1 Å². The van der Waals surface area contributed by atoms with E-state index in [4.69, 9.17) is 23.8 Å². The van der Waals surface area contributed by atoms with Gasteiger partial charge in [0, 0.05) is 45.2 Å². The number of likely N-dealkylation sites (tertiary alicyclic amines) is 1. The number of hydrogen-bond donors (Lipinski definition) is 1. The molecule has 4 aromatic rings. The minimum atomic E-state index is -0.672. The van der Waals surface area contributed by atoms with Crippen LogP contribution in [0.2, 0.25) is 5.02 Å². The van der Waals surface area contributed by atoms with Gasteiger partial charge in [0.05, 0.1) is 0 Å². The Kier molecular flexibility index (Phi) is 9.95. The molecule has 0 saturated carbocycles. The molecule has 1 aliphatic heterocycles. The number of nitrogens with one attached hydrogen (secondary N) is 1. The topological polar surface area (TPSA) is 55.9 Å². The number of carbonyl (C=O) groups excluding carboxylic acids is 2. The smallest absolute Gasteiger partial charge is 0.245 e. The van der Waals surface area contributed by atoms with Gasteiger partial charge in [0.25, 0.3) is 0 Å².